The van der Waals surface area contributed by atoms with Crippen molar-refractivity contribution in [3.8, 4) is 6.07 Å². The monoisotopic (exact) mass is 448 g/mol. The van der Waals surface area contributed by atoms with Crippen molar-refractivity contribution in [2.45, 2.75) is 25.4 Å². The number of carbonyl (C=O) groups is 1. The largest absolute Gasteiger partial charge is 0.466 e. The van der Waals surface area contributed by atoms with E-state index in [9.17, 15) is 32.0 Å². The first-order chi connectivity index (χ1) is 15.1. The van der Waals surface area contributed by atoms with Gasteiger partial charge < -0.3 is 10.1 Å². The lowest BCUT2D eigenvalue weighted by Gasteiger charge is -2.31. The molecule has 166 valence electrons. The van der Waals surface area contributed by atoms with E-state index >= 15 is 0 Å². The number of nitrogens with zero attached hydrogens (tertiary/aromatic N) is 1. The second-order valence-electron chi connectivity index (χ2n) is 7.12. The molecule has 1 aliphatic rings. The third-order valence-corrected chi connectivity index (χ3v) is 5.10. The number of hydrogen-bond acceptors (Lipinski definition) is 4. The minimum absolute atomic E-state index is 0.0635. The van der Waals surface area contributed by atoms with Crippen LogP contribution in [0.15, 0.2) is 65.0 Å². The number of hydrogen-bond donors (Lipinski definition) is 1. The van der Waals surface area contributed by atoms with E-state index in [0.29, 0.717) is 11.6 Å². The molecule has 1 aliphatic heterocycles. The Hall–Kier alpha value is -3.67. The molecule has 0 saturated heterocycles. The molecule has 0 aromatic heterocycles. The van der Waals surface area contributed by atoms with Crippen LogP contribution in [0.3, 0.4) is 0 Å². The normalized spacial score (nSPS) is 16.5. The summed E-state index contributed by atoms with van der Waals surface area (Å²) < 4.78 is 73.0. The summed E-state index contributed by atoms with van der Waals surface area (Å²) in [5, 5.41) is 12.8. The third-order valence-electron chi connectivity index (χ3n) is 5.10. The molecule has 4 nitrogen and oxygen atoms in total. The average Bonchev–Trinajstić information content (AvgIpc) is 2.74. The zero-order valence-electron chi connectivity index (χ0n) is 17.0. The molecule has 3 rings (SSSR count). The Morgan fingerprint density at radius 3 is 2.31 bits per heavy atom. The van der Waals surface area contributed by atoms with E-state index in [0.717, 1.165) is 19.2 Å². The predicted molar refractivity (Wildman–Crippen MR) is 105 cm³/mol. The number of halogens is 5. The number of esters is 1. The molecule has 0 fully saturated rings. The molecule has 0 aliphatic carbocycles. The van der Waals surface area contributed by atoms with Gasteiger partial charge in [-0.05, 0) is 42.3 Å². The van der Waals surface area contributed by atoms with E-state index in [2.05, 4.69) is 5.32 Å². The highest BCUT2D eigenvalue weighted by molar-refractivity contribution is 5.93. The number of rotatable bonds is 4. The van der Waals surface area contributed by atoms with Crippen LogP contribution in [-0.4, -0.2) is 13.1 Å². The van der Waals surface area contributed by atoms with Crippen LogP contribution in [0.25, 0.3) is 0 Å². The van der Waals surface area contributed by atoms with Crippen LogP contribution < -0.4 is 5.32 Å². The number of allylic oxidation sites excluding steroid dienone is 3. The van der Waals surface area contributed by atoms with Gasteiger partial charge in [0.1, 0.15) is 11.6 Å². The van der Waals surface area contributed by atoms with Crippen molar-refractivity contribution in [3.63, 3.8) is 0 Å². The van der Waals surface area contributed by atoms with Crippen LogP contribution in [0, 0.1) is 23.0 Å². The van der Waals surface area contributed by atoms with Gasteiger partial charge in [-0.1, -0.05) is 18.2 Å². The Kier molecular flexibility index (Phi) is 6.35. The number of benzene rings is 2. The maximum atomic E-state index is 13.8. The minimum Gasteiger partial charge on any atom is -0.466 e. The van der Waals surface area contributed by atoms with E-state index in [1.165, 1.54) is 31.2 Å². The maximum absolute atomic E-state index is 13.8. The van der Waals surface area contributed by atoms with Crippen LogP contribution in [-0.2, 0) is 22.1 Å². The van der Waals surface area contributed by atoms with Gasteiger partial charge in [0, 0.05) is 17.8 Å². The smallest absolute Gasteiger partial charge is 0.416 e. The van der Waals surface area contributed by atoms with Crippen LogP contribution in [0.4, 0.5) is 22.0 Å². The van der Waals surface area contributed by atoms with Crippen molar-refractivity contribution in [2.75, 3.05) is 7.11 Å². The third kappa shape index (κ3) is 4.49. The first-order valence-corrected chi connectivity index (χ1v) is 9.37. The maximum Gasteiger partial charge on any atom is 0.416 e. The standard InChI is InChI=1S/C23H17F5N2O2/c1-12-20(22(31)32-2)21(16-8-7-15(25)10-18(16)23(26,27)28)17(11-29)19(30-12)9-13-3-5-14(24)6-4-13/h3-8,10,21,30H,9H2,1-2H3. The fourth-order valence-electron chi connectivity index (χ4n) is 3.69. The van der Waals surface area contributed by atoms with Crippen LogP contribution in [0.5, 0.6) is 0 Å². The Labute approximate surface area is 180 Å². The highest BCUT2D eigenvalue weighted by Gasteiger charge is 2.41. The molecule has 1 N–H and O–H groups in total. The molecule has 32 heavy (non-hydrogen) atoms. The average molecular weight is 448 g/mol. The molecule has 0 saturated carbocycles. The lowest BCUT2D eigenvalue weighted by Crippen LogP contribution is -2.31. The lowest BCUT2D eigenvalue weighted by molar-refractivity contribution is -0.139. The van der Waals surface area contributed by atoms with E-state index < -0.39 is 40.8 Å². The molecular formula is C23H17F5N2O2. The fourth-order valence-corrected chi connectivity index (χ4v) is 3.69. The van der Waals surface area contributed by atoms with Crippen molar-refractivity contribution < 1.29 is 31.5 Å². The second-order valence-corrected chi connectivity index (χ2v) is 7.12. The topological polar surface area (TPSA) is 62.1 Å². The Balaban J connectivity index is 2.25. The number of carbonyl (C=O) groups excluding carboxylic acids is 1. The summed E-state index contributed by atoms with van der Waals surface area (Å²) in [7, 11) is 1.07. The van der Waals surface area contributed by atoms with Gasteiger partial charge in [-0.3, -0.25) is 0 Å². The highest BCUT2D eigenvalue weighted by Crippen LogP contribution is 2.44. The van der Waals surface area contributed by atoms with Gasteiger partial charge in [0.15, 0.2) is 0 Å². The summed E-state index contributed by atoms with van der Waals surface area (Å²) >= 11 is 0. The van der Waals surface area contributed by atoms with Crippen molar-refractivity contribution in [2.24, 2.45) is 0 Å². The molecule has 0 amide bonds. The summed E-state index contributed by atoms with van der Waals surface area (Å²) in [4.78, 5) is 12.5. The van der Waals surface area contributed by atoms with E-state index in [1.807, 2.05) is 6.07 Å². The summed E-state index contributed by atoms with van der Waals surface area (Å²) in [6.45, 7) is 1.47. The van der Waals surface area contributed by atoms with E-state index in [1.54, 1.807) is 0 Å². The van der Waals surface area contributed by atoms with Gasteiger partial charge in [-0.15, -0.1) is 0 Å². The van der Waals surface area contributed by atoms with Crippen molar-refractivity contribution in [3.05, 3.63) is 93.3 Å². The molecule has 0 spiro atoms. The van der Waals surface area contributed by atoms with Crippen LogP contribution in [0.1, 0.15) is 29.5 Å². The van der Waals surface area contributed by atoms with Crippen LogP contribution >= 0.6 is 0 Å². The van der Waals surface area contributed by atoms with Crippen molar-refractivity contribution in [1.82, 2.24) is 5.32 Å². The zero-order chi connectivity index (χ0) is 23.6. The minimum atomic E-state index is -4.94. The first kappa shape index (κ1) is 23.0. The van der Waals surface area contributed by atoms with Gasteiger partial charge >= 0.3 is 12.1 Å². The first-order valence-electron chi connectivity index (χ1n) is 9.37. The number of dihydropyridines is 1. The molecule has 2 aromatic carbocycles. The number of methoxy groups -OCH3 is 1. The molecule has 0 bridgehead atoms. The van der Waals surface area contributed by atoms with Gasteiger partial charge in [0.25, 0.3) is 0 Å². The fraction of sp³-hybridized carbons (Fsp3) is 0.217. The van der Waals surface area contributed by atoms with Gasteiger partial charge in [0.05, 0.1) is 35.8 Å². The summed E-state index contributed by atoms with van der Waals surface area (Å²) in [5.41, 5.74) is -1.07. The number of nitrogens with one attached hydrogen (secondary N) is 1. The Morgan fingerprint density at radius 2 is 1.75 bits per heavy atom. The van der Waals surface area contributed by atoms with Crippen molar-refractivity contribution >= 4 is 5.97 Å². The SMILES string of the molecule is COC(=O)C1=C(C)NC(Cc2ccc(F)cc2)=C(C#N)C1c1ccc(F)cc1C(F)(F)F. The highest BCUT2D eigenvalue weighted by atomic mass is 19.4. The quantitative estimate of drug-likeness (QED) is 0.520. The Bertz CT molecular complexity index is 1160. The van der Waals surface area contributed by atoms with Gasteiger partial charge in [-0.25, -0.2) is 13.6 Å². The predicted octanol–water partition coefficient (Wildman–Crippen LogP) is 5.14. The zero-order valence-corrected chi connectivity index (χ0v) is 17.0. The van der Waals surface area contributed by atoms with E-state index in [4.69, 9.17) is 4.74 Å². The Morgan fingerprint density at radius 1 is 1.12 bits per heavy atom. The summed E-state index contributed by atoms with van der Waals surface area (Å²) in [6.07, 6.45) is -4.87. The van der Waals surface area contributed by atoms with Crippen LogP contribution in [0.2, 0.25) is 0 Å². The van der Waals surface area contributed by atoms with Crippen molar-refractivity contribution in [1.29, 1.82) is 5.26 Å². The summed E-state index contributed by atoms with van der Waals surface area (Å²) in [6, 6.07) is 9.36. The molecular weight excluding hydrogens is 431 g/mol. The lowest BCUT2D eigenvalue weighted by atomic mass is 9.78. The molecule has 0 radical (unpaired) electrons. The second kappa shape index (κ2) is 8.83. The number of nitriles is 1. The van der Waals surface area contributed by atoms with Gasteiger partial charge in [0.2, 0.25) is 0 Å². The summed E-state index contributed by atoms with van der Waals surface area (Å²) in [5.74, 6) is -3.94. The molecule has 1 atom stereocenters. The van der Waals surface area contributed by atoms with Gasteiger partial charge in [-0.2, -0.15) is 18.4 Å². The molecule has 9 heteroatoms. The number of alkyl halides is 3. The number of ether oxygens (including phenoxy) is 1. The molecule has 2 aromatic rings. The van der Waals surface area contributed by atoms with E-state index in [-0.39, 0.29) is 29.0 Å². The molecule has 1 unspecified atom stereocenters. The molecule has 1 heterocycles.